The molecule has 1 fully saturated rings. The van der Waals surface area contributed by atoms with Gasteiger partial charge in [-0.05, 0) is 49.9 Å². The molecule has 0 saturated heterocycles. The number of methoxy groups -OCH3 is 1. The predicted octanol–water partition coefficient (Wildman–Crippen LogP) is 3.66. The van der Waals surface area contributed by atoms with Gasteiger partial charge in [0.15, 0.2) is 0 Å². The first-order chi connectivity index (χ1) is 11.3. The number of anilines is 1. The van der Waals surface area contributed by atoms with Crippen LogP contribution < -0.4 is 14.8 Å². The molecule has 5 heteroatoms. The molecule has 1 saturated carbocycles. The molecular weight excluding hydrogens is 292 g/mol. The van der Waals surface area contributed by atoms with Crippen molar-refractivity contribution < 1.29 is 14.3 Å². The number of nitrogens with one attached hydrogen (secondary N) is 1. The number of rotatable bonds is 5. The molecule has 1 aliphatic carbocycles. The van der Waals surface area contributed by atoms with Crippen molar-refractivity contribution in [2.24, 2.45) is 0 Å². The molecule has 1 N–H and O–H groups in total. The van der Waals surface area contributed by atoms with Crippen LogP contribution in [0.3, 0.4) is 0 Å². The Hall–Kier alpha value is -2.56. The summed E-state index contributed by atoms with van der Waals surface area (Å²) >= 11 is 0. The third-order valence-corrected chi connectivity index (χ3v) is 3.95. The highest BCUT2D eigenvalue weighted by atomic mass is 16.5. The normalized spacial score (nSPS) is 14.5. The summed E-state index contributed by atoms with van der Waals surface area (Å²) in [5, 5.41) is 2.84. The lowest BCUT2D eigenvalue weighted by Gasteiger charge is -2.17. The van der Waals surface area contributed by atoms with E-state index in [1.54, 1.807) is 49.8 Å². The van der Waals surface area contributed by atoms with Crippen LogP contribution >= 0.6 is 0 Å². The van der Waals surface area contributed by atoms with Gasteiger partial charge in [-0.3, -0.25) is 9.78 Å². The maximum absolute atomic E-state index is 12.5. The summed E-state index contributed by atoms with van der Waals surface area (Å²) in [6.07, 6.45) is 7.85. The Morgan fingerprint density at radius 2 is 2.09 bits per heavy atom. The van der Waals surface area contributed by atoms with E-state index in [9.17, 15) is 4.79 Å². The van der Waals surface area contributed by atoms with E-state index in [2.05, 4.69) is 10.3 Å². The molecule has 5 nitrogen and oxygen atoms in total. The molecule has 120 valence electrons. The topological polar surface area (TPSA) is 60.5 Å². The fourth-order valence-electron chi connectivity index (χ4n) is 2.74. The molecule has 2 aromatic rings. The number of carbonyl (C=O) groups excluding carboxylic acids is 1. The van der Waals surface area contributed by atoms with Crippen LogP contribution in [0.4, 0.5) is 5.69 Å². The van der Waals surface area contributed by atoms with E-state index < -0.39 is 0 Å². The number of pyridine rings is 1. The highest BCUT2D eigenvalue weighted by molar-refractivity contribution is 6.06. The molecular formula is C18H20N2O3. The molecule has 23 heavy (non-hydrogen) atoms. The largest absolute Gasteiger partial charge is 0.497 e. The van der Waals surface area contributed by atoms with Gasteiger partial charge in [0.1, 0.15) is 11.5 Å². The van der Waals surface area contributed by atoms with Gasteiger partial charge in [-0.15, -0.1) is 0 Å². The van der Waals surface area contributed by atoms with Gasteiger partial charge in [0.25, 0.3) is 5.91 Å². The van der Waals surface area contributed by atoms with E-state index in [1.807, 2.05) is 0 Å². The molecule has 0 unspecified atom stereocenters. The Bertz CT molecular complexity index is 667. The quantitative estimate of drug-likeness (QED) is 0.915. The summed E-state index contributed by atoms with van der Waals surface area (Å²) in [4.78, 5) is 16.5. The van der Waals surface area contributed by atoms with E-state index in [4.69, 9.17) is 9.47 Å². The van der Waals surface area contributed by atoms with Crippen molar-refractivity contribution in [1.82, 2.24) is 4.98 Å². The van der Waals surface area contributed by atoms with Crippen LogP contribution in [-0.4, -0.2) is 24.1 Å². The first-order valence-electron chi connectivity index (χ1n) is 7.82. The maximum Gasteiger partial charge on any atom is 0.259 e. The summed E-state index contributed by atoms with van der Waals surface area (Å²) in [5.74, 6) is 1.03. The molecule has 0 aliphatic heterocycles. The van der Waals surface area contributed by atoms with E-state index in [0.29, 0.717) is 22.7 Å². The average Bonchev–Trinajstić information content (AvgIpc) is 3.08. The number of carbonyl (C=O) groups is 1. The van der Waals surface area contributed by atoms with Gasteiger partial charge in [-0.25, -0.2) is 0 Å². The van der Waals surface area contributed by atoms with Crippen LogP contribution in [0.1, 0.15) is 36.0 Å². The Labute approximate surface area is 135 Å². The van der Waals surface area contributed by atoms with Crippen molar-refractivity contribution in [2.45, 2.75) is 31.8 Å². The fraction of sp³-hybridized carbons (Fsp3) is 0.333. The summed E-state index contributed by atoms with van der Waals surface area (Å²) < 4.78 is 11.3. The number of hydrogen-bond donors (Lipinski definition) is 1. The second-order valence-corrected chi connectivity index (χ2v) is 5.58. The molecule has 3 rings (SSSR count). The van der Waals surface area contributed by atoms with Crippen LogP contribution in [0.25, 0.3) is 0 Å². The lowest BCUT2D eigenvalue weighted by molar-refractivity contribution is 0.101. The third-order valence-electron chi connectivity index (χ3n) is 3.95. The molecule has 1 amide bonds. The smallest absolute Gasteiger partial charge is 0.259 e. The minimum atomic E-state index is -0.214. The van der Waals surface area contributed by atoms with E-state index >= 15 is 0 Å². The highest BCUT2D eigenvalue weighted by Gasteiger charge is 2.21. The van der Waals surface area contributed by atoms with Crippen LogP contribution in [0.2, 0.25) is 0 Å². The van der Waals surface area contributed by atoms with Gasteiger partial charge in [0.2, 0.25) is 0 Å². The van der Waals surface area contributed by atoms with Gasteiger partial charge in [0, 0.05) is 12.3 Å². The van der Waals surface area contributed by atoms with Crippen molar-refractivity contribution in [3.63, 3.8) is 0 Å². The average molecular weight is 312 g/mol. The molecule has 0 radical (unpaired) electrons. The lowest BCUT2D eigenvalue weighted by Crippen LogP contribution is -2.17. The van der Waals surface area contributed by atoms with Crippen molar-refractivity contribution in [1.29, 1.82) is 0 Å². The van der Waals surface area contributed by atoms with Gasteiger partial charge >= 0.3 is 0 Å². The predicted molar refractivity (Wildman–Crippen MR) is 88.1 cm³/mol. The SMILES string of the molecule is COc1ccc(C(=O)Nc2cccnc2)c(OC2CCCC2)c1. The standard InChI is InChI=1S/C18H20N2O3/c1-22-15-8-9-16(17(11-15)23-14-6-2-3-7-14)18(21)20-13-5-4-10-19-12-13/h4-5,8-12,14H,2-3,6-7H2,1H3,(H,20,21). The number of amides is 1. The molecule has 0 bridgehead atoms. The van der Waals surface area contributed by atoms with Crippen LogP contribution in [0, 0.1) is 0 Å². The zero-order valence-electron chi connectivity index (χ0n) is 13.1. The summed E-state index contributed by atoms with van der Waals surface area (Å²) in [7, 11) is 1.60. The molecule has 1 aromatic heterocycles. The third kappa shape index (κ3) is 3.80. The minimum absolute atomic E-state index is 0.173. The molecule has 0 atom stereocenters. The summed E-state index contributed by atoms with van der Waals surface area (Å²) in [6.45, 7) is 0. The number of nitrogens with zero attached hydrogens (tertiary/aromatic N) is 1. The van der Waals surface area contributed by atoms with Gasteiger partial charge < -0.3 is 14.8 Å². The zero-order chi connectivity index (χ0) is 16.1. The highest BCUT2D eigenvalue weighted by Crippen LogP contribution is 2.30. The summed E-state index contributed by atoms with van der Waals surface area (Å²) in [5.41, 5.74) is 1.15. The van der Waals surface area contributed by atoms with E-state index in [-0.39, 0.29) is 12.0 Å². The van der Waals surface area contributed by atoms with Gasteiger partial charge in [-0.1, -0.05) is 0 Å². The monoisotopic (exact) mass is 312 g/mol. The number of aromatic nitrogens is 1. The Morgan fingerprint density at radius 3 is 2.78 bits per heavy atom. The van der Waals surface area contributed by atoms with Crippen molar-refractivity contribution in [3.05, 3.63) is 48.3 Å². The lowest BCUT2D eigenvalue weighted by atomic mass is 10.1. The Morgan fingerprint density at radius 1 is 1.26 bits per heavy atom. The molecule has 1 aromatic carbocycles. The van der Waals surface area contributed by atoms with E-state index in [0.717, 1.165) is 12.8 Å². The minimum Gasteiger partial charge on any atom is -0.497 e. The molecule has 1 aliphatic rings. The number of hydrogen-bond acceptors (Lipinski definition) is 4. The Balaban J connectivity index is 1.82. The molecule has 1 heterocycles. The van der Waals surface area contributed by atoms with Crippen molar-refractivity contribution >= 4 is 11.6 Å². The van der Waals surface area contributed by atoms with E-state index in [1.165, 1.54) is 12.8 Å². The van der Waals surface area contributed by atoms with Crippen molar-refractivity contribution in [2.75, 3.05) is 12.4 Å². The number of benzene rings is 1. The van der Waals surface area contributed by atoms with Crippen molar-refractivity contribution in [3.8, 4) is 11.5 Å². The Kier molecular flexibility index (Phi) is 4.76. The fourth-order valence-corrected chi connectivity index (χ4v) is 2.74. The second kappa shape index (κ2) is 7.13. The second-order valence-electron chi connectivity index (χ2n) is 5.58. The van der Waals surface area contributed by atoms with Gasteiger partial charge in [-0.2, -0.15) is 0 Å². The van der Waals surface area contributed by atoms with Crippen LogP contribution in [0.15, 0.2) is 42.7 Å². The van der Waals surface area contributed by atoms with Gasteiger partial charge in [0.05, 0.1) is 30.7 Å². The number of ether oxygens (including phenoxy) is 2. The first-order valence-corrected chi connectivity index (χ1v) is 7.82. The first kappa shape index (κ1) is 15.3. The molecule has 0 spiro atoms. The summed E-state index contributed by atoms with van der Waals surface area (Å²) in [6, 6.07) is 8.84. The maximum atomic E-state index is 12.5. The zero-order valence-corrected chi connectivity index (χ0v) is 13.1. The van der Waals surface area contributed by atoms with Crippen LogP contribution in [0.5, 0.6) is 11.5 Å². The van der Waals surface area contributed by atoms with Crippen LogP contribution in [-0.2, 0) is 0 Å².